The third-order valence-electron chi connectivity index (χ3n) is 3.08. The van der Waals surface area contributed by atoms with Crippen molar-refractivity contribution in [3.8, 4) is 0 Å². The van der Waals surface area contributed by atoms with Crippen LogP contribution in [-0.2, 0) is 4.79 Å². The second kappa shape index (κ2) is 8.35. The van der Waals surface area contributed by atoms with Crippen LogP contribution in [0.25, 0.3) is 0 Å². The van der Waals surface area contributed by atoms with E-state index in [1.54, 1.807) is 11.8 Å². The molecule has 0 unspecified atom stereocenters. The van der Waals surface area contributed by atoms with E-state index in [1.807, 2.05) is 24.3 Å². The molecule has 1 heterocycles. The molecule has 1 amide bonds. The highest BCUT2D eigenvalue weighted by Crippen LogP contribution is 2.20. The SMILES string of the molecule is O=C(CCSc1ccc(Cl)cc1)NCC1=CCNCC1. The number of carbonyl (C=O) groups is 1. The number of rotatable bonds is 6. The number of halogens is 1. The van der Waals surface area contributed by atoms with E-state index in [1.165, 1.54) is 5.57 Å². The summed E-state index contributed by atoms with van der Waals surface area (Å²) in [7, 11) is 0. The fraction of sp³-hybridized carbons (Fsp3) is 0.400. The van der Waals surface area contributed by atoms with Crippen LogP contribution < -0.4 is 10.6 Å². The first-order valence-electron chi connectivity index (χ1n) is 6.78. The number of hydrogen-bond donors (Lipinski definition) is 2. The van der Waals surface area contributed by atoms with Crippen LogP contribution in [0.3, 0.4) is 0 Å². The Morgan fingerprint density at radius 1 is 1.35 bits per heavy atom. The van der Waals surface area contributed by atoms with Crippen LogP contribution in [0.4, 0.5) is 0 Å². The van der Waals surface area contributed by atoms with Crippen molar-refractivity contribution in [3.05, 3.63) is 40.9 Å². The van der Waals surface area contributed by atoms with Gasteiger partial charge in [0, 0.05) is 35.2 Å². The molecule has 0 aromatic heterocycles. The Morgan fingerprint density at radius 2 is 2.15 bits per heavy atom. The Kier molecular flexibility index (Phi) is 6.43. The van der Waals surface area contributed by atoms with E-state index in [0.717, 1.165) is 35.2 Å². The van der Waals surface area contributed by atoms with E-state index in [4.69, 9.17) is 11.6 Å². The molecule has 0 bridgehead atoms. The quantitative estimate of drug-likeness (QED) is 0.627. The first-order valence-corrected chi connectivity index (χ1v) is 8.14. The Hall–Kier alpha value is -0.970. The summed E-state index contributed by atoms with van der Waals surface area (Å²) in [6.45, 7) is 2.61. The minimum Gasteiger partial charge on any atom is -0.352 e. The molecule has 0 saturated heterocycles. The maximum absolute atomic E-state index is 11.7. The Bertz CT molecular complexity index is 473. The maximum Gasteiger partial charge on any atom is 0.221 e. The van der Waals surface area contributed by atoms with Crippen LogP contribution in [0.5, 0.6) is 0 Å². The van der Waals surface area contributed by atoms with E-state index >= 15 is 0 Å². The molecule has 1 aromatic rings. The highest BCUT2D eigenvalue weighted by Gasteiger charge is 2.06. The van der Waals surface area contributed by atoms with Crippen molar-refractivity contribution in [1.29, 1.82) is 0 Å². The minimum atomic E-state index is 0.117. The summed E-state index contributed by atoms with van der Waals surface area (Å²) in [6, 6.07) is 7.69. The van der Waals surface area contributed by atoms with Gasteiger partial charge < -0.3 is 10.6 Å². The molecule has 5 heteroatoms. The molecule has 2 rings (SSSR count). The van der Waals surface area contributed by atoms with Gasteiger partial charge in [0.1, 0.15) is 0 Å². The lowest BCUT2D eigenvalue weighted by atomic mass is 10.1. The predicted molar refractivity (Wildman–Crippen MR) is 85.4 cm³/mol. The molecule has 0 aliphatic carbocycles. The number of amides is 1. The number of nitrogens with one attached hydrogen (secondary N) is 2. The Labute approximate surface area is 129 Å². The van der Waals surface area contributed by atoms with Gasteiger partial charge in [-0.05, 0) is 37.2 Å². The average Bonchev–Trinajstić information content (AvgIpc) is 2.48. The summed E-state index contributed by atoms with van der Waals surface area (Å²) in [6.07, 6.45) is 3.73. The molecule has 0 fully saturated rings. The lowest BCUT2D eigenvalue weighted by molar-refractivity contribution is -0.120. The van der Waals surface area contributed by atoms with E-state index in [9.17, 15) is 4.79 Å². The second-order valence-corrected chi connectivity index (χ2v) is 6.25. The monoisotopic (exact) mass is 310 g/mol. The molecule has 2 N–H and O–H groups in total. The van der Waals surface area contributed by atoms with Crippen molar-refractivity contribution in [1.82, 2.24) is 10.6 Å². The number of benzene rings is 1. The lowest BCUT2D eigenvalue weighted by Crippen LogP contribution is -2.29. The molecule has 0 saturated carbocycles. The molecular weight excluding hydrogens is 292 g/mol. The standard InChI is InChI=1S/C15H19ClN2OS/c16-13-1-3-14(4-2-13)20-10-7-15(19)18-11-12-5-8-17-9-6-12/h1-5,17H,6-11H2,(H,18,19). The Morgan fingerprint density at radius 3 is 2.85 bits per heavy atom. The zero-order chi connectivity index (χ0) is 14.2. The van der Waals surface area contributed by atoms with E-state index in [2.05, 4.69) is 16.7 Å². The fourth-order valence-corrected chi connectivity index (χ4v) is 2.90. The first-order chi connectivity index (χ1) is 9.74. The van der Waals surface area contributed by atoms with Gasteiger partial charge in [0.2, 0.25) is 5.91 Å². The molecule has 1 aliphatic rings. The van der Waals surface area contributed by atoms with Gasteiger partial charge in [-0.3, -0.25) is 4.79 Å². The summed E-state index contributed by atoms with van der Waals surface area (Å²) in [5.74, 6) is 0.902. The molecular formula is C15H19ClN2OS. The molecule has 0 spiro atoms. The third-order valence-corrected chi connectivity index (χ3v) is 4.35. The van der Waals surface area contributed by atoms with Crippen LogP contribution in [-0.4, -0.2) is 31.3 Å². The summed E-state index contributed by atoms with van der Waals surface area (Å²) in [5, 5.41) is 6.97. The number of carbonyl (C=O) groups excluding carboxylic acids is 1. The van der Waals surface area contributed by atoms with Crippen LogP contribution >= 0.6 is 23.4 Å². The van der Waals surface area contributed by atoms with Gasteiger partial charge in [-0.15, -0.1) is 11.8 Å². The van der Waals surface area contributed by atoms with Crippen LogP contribution in [0.2, 0.25) is 5.02 Å². The van der Waals surface area contributed by atoms with Crippen molar-refractivity contribution in [2.75, 3.05) is 25.4 Å². The lowest BCUT2D eigenvalue weighted by Gasteiger charge is -2.14. The summed E-state index contributed by atoms with van der Waals surface area (Å²) in [4.78, 5) is 12.9. The summed E-state index contributed by atoms with van der Waals surface area (Å²) < 4.78 is 0. The second-order valence-electron chi connectivity index (χ2n) is 4.65. The molecule has 20 heavy (non-hydrogen) atoms. The van der Waals surface area contributed by atoms with Crippen LogP contribution in [0.15, 0.2) is 40.8 Å². The zero-order valence-electron chi connectivity index (χ0n) is 11.3. The van der Waals surface area contributed by atoms with Crippen LogP contribution in [0.1, 0.15) is 12.8 Å². The van der Waals surface area contributed by atoms with Gasteiger partial charge in [0.15, 0.2) is 0 Å². The number of hydrogen-bond acceptors (Lipinski definition) is 3. The normalized spacial score (nSPS) is 14.8. The highest BCUT2D eigenvalue weighted by atomic mass is 35.5. The molecule has 3 nitrogen and oxygen atoms in total. The molecule has 0 atom stereocenters. The molecule has 0 radical (unpaired) electrons. The van der Waals surface area contributed by atoms with Gasteiger partial charge in [-0.1, -0.05) is 23.3 Å². The Balaban J connectivity index is 1.62. The van der Waals surface area contributed by atoms with Crippen molar-refractivity contribution in [2.24, 2.45) is 0 Å². The zero-order valence-corrected chi connectivity index (χ0v) is 12.9. The van der Waals surface area contributed by atoms with Gasteiger partial charge in [0.25, 0.3) is 0 Å². The maximum atomic E-state index is 11.7. The van der Waals surface area contributed by atoms with Crippen LogP contribution in [0, 0.1) is 0 Å². The summed E-state index contributed by atoms with van der Waals surface area (Å²) >= 11 is 7.50. The van der Waals surface area contributed by atoms with Crippen molar-refractivity contribution in [3.63, 3.8) is 0 Å². The average molecular weight is 311 g/mol. The van der Waals surface area contributed by atoms with E-state index in [-0.39, 0.29) is 5.91 Å². The third kappa shape index (κ3) is 5.57. The fourth-order valence-electron chi connectivity index (χ4n) is 1.92. The highest BCUT2D eigenvalue weighted by molar-refractivity contribution is 7.99. The van der Waals surface area contributed by atoms with E-state index in [0.29, 0.717) is 13.0 Å². The summed E-state index contributed by atoms with van der Waals surface area (Å²) in [5.41, 5.74) is 1.32. The van der Waals surface area contributed by atoms with Crippen molar-refractivity contribution in [2.45, 2.75) is 17.7 Å². The molecule has 108 valence electrons. The van der Waals surface area contributed by atoms with Crippen molar-refractivity contribution >= 4 is 29.3 Å². The van der Waals surface area contributed by atoms with Gasteiger partial charge >= 0.3 is 0 Å². The predicted octanol–water partition coefficient (Wildman–Crippen LogP) is 2.86. The smallest absolute Gasteiger partial charge is 0.221 e. The van der Waals surface area contributed by atoms with Gasteiger partial charge in [0.05, 0.1) is 0 Å². The van der Waals surface area contributed by atoms with Gasteiger partial charge in [-0.2, -0.15) is 0 Å². The van der Waals surface area contributed by atoms with E-state index < -0.39 is 0 Å². The largest absolute Gasteiger partial charge is 0.352 e. The topological polar surface area (TPSA) is 41.1 Å². The first kappa shape index (κ1) is 15.4. The van der Waals surface area contributed by atoms with Crippen molar-refractivity contribution < 1.29 is 4.79 Å². The minimum absolute atomic E-state index is 0.117. The molecule has 1 aromatic carbocycles. The van der Waals surface area contributed by atoms with Gasteiger partial charge in [-0.25, -0.2) is 0 Å². The number of thioether (sulfide) groups is 1. The molecule has 1 aliphatic heterocycles.